The fourth-order valence-electron chi connectivity index (χ4n) is 11.3. The van der Waals surface area contributed by atoms with Crippen LogP contribution in [0.5, 0.6) is 0 Å². The van der Waals surface area contributed by atoms with Gasteiger partial charge in [-0.05, 0) is 100 Å². The van der Waals surface area contributed by atoms with Crippen LogP contribution in [0, 0.1) is 46.3 Å². The molecule has 1 spiro atoms. The predicted octanol–water partition coefficient (Wildman–Crippen LogP) is 5.41. The molecule has 7 nitrogen and oxygen atoms in total. The molecule has 2 aliphatic heterocycles. The number of ether oxygens (including phenoxy) is 4. The van der Waals surface area contributed by atoms with Gasteiger partial charge in [-0.3, -0.25) is 9.59 Å². The van der Waals surface area contributed by atoms with Gasteiger partial charge in [0.1, 0.15) is 17.8 Å². The van der Waals surface area contributed by atoms with Crippen LogP contribution in [0.3, 0.4) is 0 Å². The highest BCUT2D eigenvalue weighted by atomic mass is 16.7. The van der Waals surface area contributed by atoms with Crippen molar-refractivity contribution in [1.29, 1.82) is 0 Å². The van der Waals surface area contributed by atoms with Crippen molar-refractivity contribution in [3.63, 3.8) is 0 Å². The number of carbonyl (C=O) groups excluding carboxylic acids is 2. The van der Waals surface area contributed by atoms with Gasteiger partial charge in [-0.2, -0.15) is 0 Å². The number of aliphatic hydroxyl groups is 1. The van der Waals surface area contributed by atoms with E-state index in [2.05, 4.69) is 34.6 Å². The molecule has 6 fully saturated rings. The average Bonchev–Trinajstić information content (AvgIpc) is 3.30. The Morgan fingerprint density at radius 1 is 0.897 bits per heavy atom. The molecule has 0 radical (unpaired) electrons. The summed E-state index contributed by atoms with van der Waals surface area (Å²) in [6.45, 7) is 16.1. The summed E-state index contributed by atoms with van der Waals surface area (Å²) in [6, 6.07) is 0. The maximum absolute atomic E-state index is 12.5. The van der Waals surface area contributed by atoms with Gasteiger partial charge in [-0.1, -0.05) is 20.8 Å². The van der Waals surface area contributed by atoms with Gasteiger partial charge in [0, 0.05) is 32.1 Å². The van der Waals surface area contributed by atoms with Crippen LogP contribution in [0.25, 0.3) is 0 Å². The lowest BCUT2D eigenvalue weighted by Crippen LogP contribution is -2.63. The van der Waals surface area contributed by atoms with Crippen molar-refractivity contribution in [2.45, 2.75) is 142 Å². The van der Waals surface area contributed by atoms with E-state index in [-0.39, 0.29) is 64.4 Å². The fourth-order valence-corrected chi connectivity index (χ4v) is 11.3. The maximum Gasteiger partial charge on any atom is 0.302 e. The molecular weight excluding hydrogens is 496 g/mol. The molecule has 6 rings (SSSR count). The van der Waals surface area contributed by atoms with Gasteiger partial charge in [0.15, 0.2) is 5.79 Å². The molecule has 1 N–H and O–H groups in total. The van der Waals surface area contributed by atoms with Gasteiger partial charge < -0.3 is 24.1 Å². The Hall–Kier alpha value is -1.18. The van der Waals surface area contributed by atoms with Crippen molar-refractivity contribution in [3.8, 4) is 0 Å². The van der Waals surface area contributed by atoms with E-state index in [9.17, 15) is 14.7 Å². The summed E-state index contributed by atoms with van der Waals surface area (Å²) < 4.78 is 25.4. The van der Waals surface area contributed by atoms with E-state index in [4.69, 9.17) is 18.9 Å². The highest BCUT2D eigenvalue weighted by molar-refractivity contribution is 5.66. The minimum atomic E-state index is -1.14. The minimum Gasteiger partial charge on any atom is -0.463 e. The lowest BCUT2D eigenvalue weighted by molar-refractivity contribution is -0.300. The van der Waals surface area contributed by atoms with Crippen molar-refractivity contribution in [2.24, 2.45) is 46.3 Å². The van der Waals surface area contributed by atoms with E-state index in [1.807, 2.05) is 6.92 Å². The molecule has 2 saturated heterocycles. The van der Waals surface area contributed by atoms with E-state index in [1.54, 1.807) is 0 Å². The summed E-state index contributed by atoms with van der Waals surface area (Å²) >= 11 is 0. The molecule has 13 atom stereocenters. The average molecular weight is 547 g/mol. The third-order valence-corrected chi connectivity index (χ3v) is 13.1. The Labute approximate surface area is 234 Å². The molecule has 7 heteroatoms. The van der Waals surface area contributed by atoms with Crippen LogP contribution < -0.4 is 0 Å². The molecule has 6 aliphatic rings. The SMILES string of the molecule is CC(=O)O[C@@H]1CC[C@@]2(C)[C@@H](CC[C@@H]3[C@@H]2[C@@H](OC(C)=O)C[C@@]2(C)[C@H]3C[C@@H]3O[C@@]4(C[C@H](C)C(C)(C)O4)[C@](C)(O)[C@@H]32)C1. The fraction of sp³-hybridized carbons (Fsp3) is 0.938. The first kappa shape index (κ1) is 28.0. The third kappa shape index (κ3) is 3.84. The van der Waals surface area contributed by atoms with Gasteiger partial charge in [-0.15, -0.1) is 0 Å². The van der Waals surface area contributed by atoms with Gasteiger partial charge in [0.2, 0.25) is 0 Å². The molecule has 0 aromatic rings. The van der Waals surface area contributed by atoms with Crippen molar-refractivity contribution in [2.75, 3.05) is 0 Å². The van der Waals surface area contributed by atoms with E-state index in [0.717, 1.165) is 44.9 Å². The first-order valence-corrected chi connectivity index (χ1v) is 15.5. The highest BCUT2D eigenvalue weighted by Crippen LogP contribution is 2.73. The summed E-state index contributed by atoms with van der Waals surface area (Å²) in [7, 11) is 0. The monoisotopic (exact) mass is 546 g/mol. The van der Waals surface area contributed by atoms with Gasteiger partial charge in [-0.25, -0.2) is 0 Å². The van der Waals surface area contributed by atoms with E-state index in [1.165, 1.54) is 13.8 Å². The number of hydrogen-bond acceptors (Lipinski definition) is 7. The zero-order valence-electron chi connectivity index (χ0n) is 25.2. The standard InChI is InChI=1S/C32H50O7/c1-17-15-32(39-28(17,4)5)31(8,35)27-24(38-32)14-23-22-10-9-20-13-21(36-18(2)33)11-12-29(20,6)26(22)25(37-19(3)34)16-30(23,27)7/h17,20-27,35H,9-16H2,1-8H3/t17-,20-,21+,22-,23-,24-,25-,26+,27-,29-,30-,31+,32+/m0/s1. The molecule has 39 heavy (non-hydrogen) atoms. The second kappa shape index (κ2) is 8.67. The van der Waals surface area contributed by atoms with E-state index >= 15 is 0 Å². The van der Waals surface area contributed by atoms with Crippen molar-refractivity contribution in [1.82, 2.24) is 0 Å². The zero-order chi connectivity index (χ0) is 28.3. The molecular formula is C32H50O7. The largest absolute Gasteiger partial charge is 0.463 e. The quantitative estimate of drug-likeness (QED) is 0.463. The molecule has 220 valence electrons. The van der Waals surface area contributed by atoms with Crippen LogP contribution in [-0.4, -0.2) is 52.3 Å². The second-order valence-corrected chi connectivity index (χ2v) is 15.5. The van der Waals surface area contributed by atoms with Crippen LogP contribution in [0.1, 0.15) is 107 Å². The van der Waals surface area contributed by atoms with Crippen molar-refractivity contribution < 1.29 is 33.6 Å². The summed E-state index contributed by atoms with van der Waals surface area (Å²) in [6.07, 6.45) is 6.96. The molecule has 2 heterocycles. The van der Waals surface area contributed by atoms with E-state index < -0.39 is 11.4 Å². The Balaban J connectivity index is 1.33. The zero-order valence-corrected chi connectivity index (χ0v) is 25.2. The van der Waals surface area contributed by atoms with Gasteiger partial charge in [0.25, 0.3) is 0 Å². The minimum absolute atomic E-state index is 0.0123. The Morgan fingerprint density at radius 2 is 1.59 bits per heavy atom. The summed E-state index contributed by atoms with van der Waals surface area (Å²) in [4.78, 5) is 24.2. The van der Waals surface area contributed by atoms with Gasteiger partial charge in [0.05, 0.1) is 11.7 Å². The Bertz CT molecular complexity index is 1040. The number of fused-ring (bicyclic) bond motifs is 7. The summed E-state index contributed by atoms with van der Waals surface area (Å²) in [5.41, 5.74) is -1.70. The molecule has 0 aromatic heterocycles. The van der Waals surface area contributed by atoms with E-state index in [0.29, 0.717) is 24.2 Å². The lowest BCUT2D eigenvalue weighted by atomic mass is 9.43. The first-order valence-electron chi connectivity index (χ1n) is 15.5. The third-order valence-electron chi connectivity index (χ3n) is 13.1. The molecule has 4 saturated carbocycles. The van der Waals surface area contributed by atoms with Gasteiger partial charge >= 0.3 is 11.9 Å². The van der Waals surface area contributed by atoms with Crippen molar-refractivity contribution in [3.05, 3.63) is 0 Å². The summed E-state index contributed by atoms with van der Waals surface area (Å²) in [5, 5.41) is 12.4. The highest BCUT2D eigenvalue weighted by Gasteiger charge is 2.77. The van der Waals surface area contributed by atoms with Crippen LogP contribution in [0.15, 0.2) is 0 Å². The Kier molecular flexibility index (Phi) is 6.22. The molecule has 0 bridgehead atoms. The number of hydrogen-bond donors (Lipinski definition) is 1. The molecule has 0 aromatic carbocycles. The number of esters is 2. The van der Waals surface area contributed by atoms with Crippen LogP contribution in [0.4, 0.5) is 0 Å². The number of rotatable bonds is 2. The topological polar surface area (TPSA) is 91.3 Å². The lowest BCUT2D eigenvalue weighted by Gasteiger charge is -2.63. The number of carbonyl (C=O) groups is 2. The van der Waals surface area contributed by atoms with Crippen LogP contribution >= 0.6 is 0 Å². The van der Waals surface area contributed by atoms with Crippen molar-refractivity contribution >= 4 is 11.9 Å². The molecule has 0 unspecified atom stereocenters. The Morgan fingerprint density at radius 3 is 2.21 bits per heavy atom. The first-order chi connectivity index (χ1) is 18.0. The molecule has 0 amide bonds. The maximum atomic E-state index is 12.5. The summed E-state index contributed by atoms with van der Waals surface area (Å²) in [5.74, 6) is 0.267. The van der Waals surface area contributed by atoms with Crippen LogP contribution in [0.2, 0.25) is 0 Å². The van der Waals surface area contributed by atoms with Crippen LogP contribution in [-0.2, 0) is 28.5 Å². The molecule has 4 aliphatic carbocycles. The smallest absolute Gasteiger partial charge is 0.302 e. The predicted molar refractivity (Wildman–Crippen MR) is 144 cm³/mol. The normalized spacial score (nSPS) is 55.4. The second-order valence-electron chi connectivity index (χ2n) is 15.5.